The van der Waals surface area contributed by atoms with E-state index in [0.717, 1.165) is 41.0 Å². The van der Waals surface area contributed by atoms with Crippen molar-refractivity contribution in [3.8, 4) is 0 Å². The van der Waals surface area contributed by atoms with Crippen molar-refractivity contribution in [1.82, 2.24) is 4.90 Å². The minimum atomic E-state index is -0.119. The number of fused-ring (bicyclic) bond motifs is 1. The Labute approximate surface area is 165 Å². The van der Waals surface area contributed by atoms with Crippen molar-refractivity contribution in [3.63, 3.8) is 0 Å². The van der Waals surface area contributed by atoms with Crippen molar-refractivity contribution in [2.24, 2.45) is 0 Å². The highest BCUT2D eigenvalue weighted by molar-refractivity contribution is 6.02. The molecule has 1 fully saturated rings. The van der Waals surface area contributed by atoms with E-state index in [1.807, 2.05) is 47.4 Å². The van der Waals surface area contributed by atoms with E-state index in [4.69, 9.17) is 0 Å². The molecule has 0 aromatic heterocycles. The molecule has 0 unspecified atom stereocenters. The molecule has 140 valence electrons. The number of anilines is 3. The number of carbonyl (C=O) groups excluding carboxylic acids is 1. The number of nitrogens with one attached hydrogen (secondary N) is 1. The van der Waals surface area contributed by atoms with Gasteiger partial charge in [-0.05, 0) is 54.8 Å². The van der Waals surface area contributed by atoms with E-state index < -0.39 is 0 Å². The number of hydrogen-bond acceptors (Lipinski definition) is 3. The molecular formula is C24H23N3O. The van der Waals surface area contributed by atoms with Gasteiger partial charge in [0.1, 0.15) is 6.17 Å². The summed E-state index contributed by atoms with van der Waals surface area (Å²) in [5, 5.41) is 3.59. The maximum Gasteiger partial charge on any atom is 0.258 e. The molecule has 3 aromatic carbocycles. The van der Waals surface area contributed by atoms with Gasteiger partial charge in [0.2, 0.25) is 0 Å². The predicted molar refractivity (Wildman–Crippen MR) is 113 cm³/mol. The standard InChI is InChI=1S/C24H23N3O/c1-26(18-7-3-2-4-8-18)19-13-11-17(12-14-19)23-25-22-10-6-5-9-21(22)24(28)27(23)20-15-16-20/h2-14,20,23,25H,15-16H2,1H3/t23-/m0/s1. The number of benzene rings is 3. The molecule has 1 amide bonds. The van der Waals surface area contributed by atoms with E-state index in [0.29, 0.717) is 6.04 Å². The molecule has 3 aromatic rings. The third kappa shape index (κ3) is 2.91. The molecule has 0 radical (unpaired) electrons. The molecule has 1 aliphatic carbocycles. The summed E-state index contributed by atoms with van der Waals surface area (Å²) in [6.45, 7) is 0. The van der Waals surface area contributed by atoms with E-state index in [1.54, 1.807) is 0 Å². The Bertz CT molecular complexity index is 996. The van der Waals surface area contributed by atoms with Crippen LogP contribution in [0.4, 0.5) is 17.1 Å². The highest BCUT2D eigenvalue weighted by Gasteiger charge is 2.41. The van der Waals surface area contributed by atoms with Crippen LogP contribution in [0.2, 0.25) is 0 Å². The van der Waals surface area contributed by atoms with Crippen LogP contribution in [0.3, 0.4) is 0 Å². The van der Waals surface area contributed by atoms with Gasteiger partial charge in [0.25, 0.3) is 5.91 Å². The minimum absolute atomic E-state index is 0.119. The average molecular weight is 369 g/mol. The van der Waals surface area contributed by atoms with Gasteiger partial charge in [-0.2, -0.15) is 0 Å². The number of hydrogen-bond donors (Lipinski definition) is 1. The molecular weight excluding hydrogens is 346 g/mol. The lowest BCUT2D eigenvalue weighted by Gasteiger charge is -2.38. The Morgan fingerprint density at radius 2 is 1.50 bits per heavy atom. The zero-order valence-electron chi connectivity index (χ0n) is 15.9. The second-order valence-corrected chi connectivity index (χ2v) is 7.52. The monoisotopic (exact) mass is 369 g/mol. The molecule has 2 aliphatic rings. The average Bonchev–Trinajstić information content (AvgIpc) is 3.59. The Morgan fingerprint density at radius 3 is 2.21 bits per heavy atom. The fourth-order valence-electron chi connectivity index (χ4n) is 3.92. The SMILES string of the molecule is CN(c1ccccc1)c1ccc([C@H]2Nc3ccccc3C(=O)N2C2CC2)cc1. The first-order valence-electron chi connectivity index (χ1n) is 9.79. The fourth-order valence-corrected chi connectivity index (χ4v) is 3.92. The van der Waals surface area contributed by atoms with Gasteiger partial charge < -0.3 is 15.1 Å². The summed E-state index contributed by atoms with van der Waals surface area (Å²) in [5.41, 5.74) is 5.07. The number of para-hydroxylation sites is 2. The molecule has 1 saturated carbocycles. The summed E-state index contributed by atoms with van der Waals surface area (Å²) >= 11 is 0. The van der Waals surface area contributed by atoms with E-state index in [2.05, 4.69) is 53.7 Å². The summed E-state index contributed by atoms with van der Waals surface area (Å²) < 4.78 is 0. The van der Waals surface area contributed by atoms with Gasteiger partial charge >= 0.3 is 0 Å². The first-order chi connectivity index (χ1) is 13.7. The normalized spacial score (nSPS) is 18.4. The molecule has 1 N–H and O–H groups in total. The topological polar surface area (TPSA) is 35.6 Å². The van der Waals surface area contributed by atoms with Crippen LogP contribution in [0.15, 0.2) is 78.9 Å². The van der Waals surface area contributed by atoms with Crippen molar-refractivity contribution < 1.29 is 4.79 Å². The largest absolute Gasteiger partial charge is 0.361 e. The first kappa shape index (κ1) is 16.9. The number of nitrogens with zero attached hydrogens (tertiary/aromatic N) is 2. The molecule has 0 spiro atoms. The van der Waals surface area contributed by atoms with E-state index in [9.17, 15) is 4.79 Å². The van der Waals surface area contributed by atoms with Crippen LogP contribution in [0.1, 0.15) is 34.9 Å². The van der Waals surface area contributed by atoms with Crippen LogP contribution in [-0.2, 0) is 0 Å². The van der Waals surface area contributed by atoms with E-state index in [-0.39, 0.29) is 12.1 Å². The summed E-state index contributed by atoms with van der Waals surface area (Å²) in [4.78, 5) is 17.3. The van der Waals surface area contributed by atoms with E-state index >= 15 is 0 Å². The highest BCUT2D eigenvalue weighted by Crippen LogP contribution is 2.41. The number of amides is 1. The van der Waals surface area contributed by atoms with Gasteiger partial charge in [-0.1, -0.05) is 42.5 Å². The zero-order valence-corrected chi connectivity index (χ0v) is 15.9. The number of rotatable bonds is 4. The van der Waals surface area contributed by atoms with Crippen molar-refractivity contribution in [3.05, 3.63) is 90.0 Å². The first-order valence-corrected chi connectivity index (χ1v) is 9.79. The van der Waals surface area contributed by atoms with E-state index in [1.165, 1.54) is 0 Å². The summed E-state index contributed by atoms with van der Waals surface area (Å²) in [6, 6.07) is 27.0. The van der Waals surface area contributed by atoms with Gasteiger partial charge in [0, 0.05) is 30.2 Å². The van der Waals surface area contributed by atoms with Gasteiger partial charge in [-0.3, -0.25) is 4.79 Å². The van der Waals surface area contributed by atoms with Gasteiger partial charge in [-0.25, -0.2) is 0 Å². The minimum Gasteiger partial charge on any atom is -0.361 e. The second-order valence-electron chi connectivity index (χ2n) is 7.52. The molecule has 1 heterocycles. The van der Waals surface area contributed by atoms with Gasteiger partial charge in [-0.15, -0.1) is 0 Å². The van der Waals surface area contributed by atoms with Gasteiger partial charge in [0.05, 0.1) is 5.56 Å². The molecule has 0 bridgehead atoms. The summed E-state index contributed by atoms with van der Waals surface area (Å²) in [5.74, 6) is 0.132. The summed E-state index contributed by atoms with van der Waals surface area (Å²) in [7, 11) is 2.07. The lowest BCUT2D eigenvalue weighted by molar-refractivity contribution is 0.0666. The Morgan fingerprint density at radius 1 is 0.857 bits per heavy atom. The molecule has 28 heavy (non-hydrogen) atoms. The molecule has 1 aliphatic heterocycles. The lowest BCUT2D eigenvalue weighted by atomic mass is 10.0. The second kappa shape index (κ2) is 6.71. The van der Waals surface area contributed by atoms with Crippen molar-refractivity contribution in [2.75, 3.05) is 17.3 Å². The molecule has 5 rings (SSSR count). The van der Waals surface area contributed by atoms with Crippen LogP contribution in [0.25, 0.3) is 0 Å². The predicted octanol–water partition coefficient (Wildman–Crippen LogP) is 5.18. The van der Waals surface area contributed by atoms with Crippen molar-refractivity contribution in [1.29, 1.82) is 0 Å². The van der Waals surface area contributed by atoms with Crippen LogP contribution in [0.5, 0.6) is 0 Å². The molecule has 1 atom stereocenters. The van der Waals surface area contributed by atoms with Crippen LogP contribution < -0.4 is 10.2 Å². The molecule has 0 saturated heterocycles. The fraction of sp³-hybridized carbons (Fsp3) is 0.208. The van der Waals surface area contributed by atoms with Crippen LogP contribution in [0, 0.1) is 0 Å². The molecule has 4 nitrogen and oxygen atoms in total. The third-order valence-electron chi connectivity index (χ3n) is 5.64. The van der Waals surface area contributed by atoms with Gasteiger partial charge in [0.15, 0.2) is 0 Å². The molecule has 4 heteroatoms. The van der Waals surface area contributed by atoms with Crippen LogP contribution >= 0.6 is 0 Å². The third-order valence-corrected chi connectivity index (χ3v) is 5.64. The summed E-state index contributed by atoms with van der Waals surface area (Å²) in [6.07, 6.45) is 2.05. The highest BCUT2D eigenvalue weighted by atomic mass is 16.2. The quantitative estimate of drug-likeness (QED) is 0.688. The van der Waals surface area contributed by atoms with Crippen LogP contribution in [-0.4, -0.2) is 23.9 Å². The zero-order chi connectivity index (χ0) is 19.1. The maximum absolute atomic E-state index is 13.1. The Balaban J connectivity index is 1.46. The lowest BCUT2D eigenvalue weighted by Crippen LogP contribution is -2.44. The Kier molecular flexibility index (Phi) is 4.05. The Hall–Kier alpha value is -3.27. The van der Waals surface area contributed by atoms with Crippen molar-refractivity contribution >= 4 is 23.0 Å². The number of carbonyl (C=O) groups is 1. The van der Waals surface area contributed by atoms with Crippen molar-refractivity contribution in [2.45, 2.75) is 25.0 Å². The smallest absolute Gasteiger partial charge is 0.258 e. The maximum atomic E-state index is 13.1.